The molecule has 5 nitrogen and oxygen atoms in total. The van der Waals surface area contributed by atoms with Crippen molar-refractivity contribution in [3.05, 3.63) is 23.8 Å². The monoisotopic (exact) mass is 277 g/mol. The van der Waals surface area contributed by atoms with Crippen molar-refractivity contribution in [3.63, 3.8) is 0 Å². The zero-order valence-corrected chi connectivity index (χ0v) is 12.4. The van der Waals surface area contributed by atoms with Crippen molar-refractivity contribution < 1.29 is 9.53 Å². The van der Waals surface area contributed by atoms with Crippen LogP contribution in [0.15, 0.2) is 18.2 Å². The Morgan fingerprint density at radius 2 is 2.15 bits per heavy atom. The highest BCUT2D eigenvalue weighted by molar-refractivity contribution is 5.96. The predicted molar refractivity (Wildman–Crippen MR) is 81.0 cm³/mol. The average Bonchev–Trinajstić information content (AvgIpc) is 2.37. The van der Waals surface area contributed by atoms with Crippen LogP contribution in [0, 0.1) is 0 Å². The van der Waals surface area contributed by atoms with E-state index in [4.69, 9.17) is 10.5 Å². The summed E-state index contributed by atoms with van der Waals surface area (Å²) in [6.07, 6.45) is 3.61. The number of rotatable bonds is 5. The number of nitrogens with two attached hydrogens (primary N) is 1. The molecule has 2 rings (SSSR count). The van der Waals surface area contributed by atoms with Crippen LogP contribution in [0.25, 0.3) is 0 Å². The molecule has 110 valence electrons. The Morgan fingerprint density at radius 1 is 1.45 bits per heavy atom. The van der Waals surface area contributed by atoms with Crippen molar-refractivity contribution in [2.24, 2.45) is 0 Å². The van der Waals surface area contributed by atoms with Gasteiger partial charge in [-0.15, -0.1) is 0 Å². The number of ether oxygens (including phenoxy) is 1. The molecular weight excluding hydrogens is 254 g/mol. The first-order chi connectivity index (χ1) is 9.48. The summed E-state index contributed by atoms with van der Waals surface area (Å²) >= 11 is 0. The second-order valence-electron chi connectivity index (χ2n) is 5.62. The van der Waals surface area contributed by atoms with Crippen molar-refractivity contribution in [1.82, 2.24) is 4.90 Å². The van der Waals surface area contributed by atoms with Gasteiger partial charge in [0.25, 0.3) is 0 Å². The number of esters is 1. The summed E-state index contributed by atoms with van der Waals surface area (Å²) in [5.74, 6) is -0.368. The zero-order valence-electron chi connectivity index (χ0n) is 12.4. The summed E-state index contributed by atoms with van der Waals surface area (Å²) in [5.41, 5.74) is 7.75. The van der Waals surface area contributed by atoms with Crippen LogP contribution in [0.3, 0.4) is 0 Å². The number of anilines is 2. The molecule has 0 saturated heterocycles. The summed E-state index contributed by atoms with van der Waals surface area (Å²) in [6.45, 7) is 0.813. The molecule has 1 aromatic rings. The third-order valence-electron chi connectivity index (χ3n) is 4.29. The van der Waals surface area contributed by atoms with Crippen LogP contribution in [0.1, 0.15) is 29.6 Å². The fraction of sp³-hybridized carbons (Fsp3) is 0.533. The topological polar surface area (TPSA) is 67.6 Å². The van der Waals surface area contributed by atoms with Crippen LogP contribution in [0.4, 0.5) is 11.4 Å². The van der Waals surface area contributed by atoms with E-state index >= 15 is 0 Å². The second-order valence-corrected chi connectivity index (χ2v) is 5.62. The summed E-state index contributed by atoms with van der Waals surface area (Å²) in [6, 6.07) is 5.28. The largest absolute Gasteiger partial charge is 0.465 e. The van der Waals surface area contributed by atoms with Crippen LogP contribution >= 0.6 is 0 Å². The predicted octanol–water partition coefficient (Wildman–Crippen LogP) is 1.95. The van der Waals surface area contributed by atoms with Crippen LogP contribution in [0.2, 0.25) is 0 Å². The molecule has 1 fully saturated rings. The van der Waals surface area contributed by atoms with Gasteiger partial charge in [-0.1, -0.05) is 0 Å². The van der Waals surface area contributed by atoms with Gasteiger partial charge in [0.1, 0.15) is 0 Å². The molecule has 5 heteroatoms. The normalized spacial score (nSPS) is 16.6. The molecule has 0 aliphatic heterocycles. The van der Waals surface area contributed by atoms with Gasteiger partial charge in [0.05, 0.1) is 12.7 Å². The Morgan fingerprint density at radius 3 is 2.65 bits per heavy atom. The van der Waals surface area contributed by atoms with Gasteiger partial charge >= 0.3 is 5.97 Å². The van der Waals surface area contributed by atoms with Crippen molar-refractivity contribution in [2.75, 3.05) is 38.8 Å². The third-order valence-corrected chi connectivity index (χ3v) is 4.29. The van der Waals surface area contributed by atoms with E-state index in [9.17, 15) is 4.79 Å². The van der Waals surface area contributed by atoms with Crippen LogP contribution in [-0.4, -0.2) is 44.2 Å². The van der Waals surface area contributed by atoms with Crippen molar-refractivity contribution >= 4 is 17.3 Å². The number of nitrogen functional groups attached to an aromatic ring is 1. The summed E-state index contributed by atoms with van der Waals surface area (Å²) in [4.78, 5) is 14.1. The minimum atomic E-state index is -0.368. The van der Waals surface area contributed by atoms with Crippen molar-refractivity contribution in [1.29, 1.82) is 0 Å². The SMILES string of the molecule is COC(=O)c1cc(N)ccc1NCC1(N(C)C)CCC1. The number of hydrogen-bond acceptors (Lipinski definition) is 5. The number of benzene rings is 1. The van der Waals surface area contributed by atoms with E-state index in [1.165, 1.54) is 26.4 Å². The first-order valence-corrected chi connectivity index (χ1v) is 6.88. The summed E-state index contributed by atoms with van der Waals surface area (Å²) < 4.78 is 4.81. The summed E-state index contributed by atoms with van der Waals surface area (Å²) in [5, 5.41) is 3.38. The first kappa shape index (κ1) is 14.7. The first-order valence-electron chi connectivity index (χ1n) is 6.88. The Hall–Kier alpha value is -1.75. The molecule has 1 aliphatic carbocycles. The molecule has 0 aromatic heterocycles. The molecule has 1 aliphatic rings. The number of carbonyl (C=O) groups is 1. The molecule has 1 saturated carbocycles. The standard InChI is InChI=1S/C15H23N3O2/c1-18(2)15(7-4-8-15)10-17-13-6-5-11(16)9-12(13)14(19)20-3/h5-6,9,17H,4,7-8,10,16H2,1-3H3. The molecule has 0 bridgehead atoms. The second kappa shape index (κ2) is 5.71. The highest BCUT2D eigenvalue weighted by atomic mass is 16.5. The Labute approximate surface area is 120 Å². The fourth-order valence-electron chi connectivity index (χ4n) is 2.62. The minimum absolute atomic E-state index is 0.189. The maximum Gasteiger partial charge on any atom is 0.340 e. The molecule has 3 N–H and O–H groups in total. The number of methoxy groups -OCH3 is 1. The van der Waals surface area contributed by atoms with E-state index in [0.29, 0.717) is 11.3 Å². The van der Waals surface area contributed by atoms with Gasteiger partial charge < -0.3 is 20.7 Å². The fourth-order valence-corrected chi connectivity index (χ4v) is 2.62. The molecule has 0 heterocycles. The Balaban J connectivity index is 2.15. The van der Waals surface area contributed by atoms with Gasteiger partial charge in [-0.25, -0.2) is 4.79 Å². The smallest absolute Gasteiger partial charge is 0.340 e. The lowest BCUT2D eigenvalue weighted by Crippen LogP contribution is -2.54. The average molecular weight is 277 g/mol. The molecule has 0 unspecified atom stereocenters. The summed E-state index contributed by atoms with van der Waals surface area (Å²) in [7, 11) is 5.58. The van der Waals surface area contributed by atoms with Crippen LogP contribution in [0.5, 0.6) is 0 Å². The molecule has 0 radical (unpaired) electrons. The number of hydrogen-bond donors (Lipinski definition) is 2. The molecule has 0 amide bonds. The van der Waals surface area contributed by atoms with E-state index < -0.39 is 0 Å². The lowest BCUT2D eigenvalue weighted by atomic mass is 9.75. The van der Waals surface area contributed by atoms with E-state index in [-0.39, 0.29) is 11.5 Å². The van der Waals surface area contributed by atoms with Crippen molar-refractivity contribution in [2.45, 2.75) is 24.8 Å². The van der Waals surface area contributed by atoms with Gasteiger partial charge in [0.2, 0.25) is 0 Å². The van der Waals surface area contributed by atoms with Gasteiger partial charge in [0, 0.05) is 23.5 Å². The highest BCUT2D eigenvalue weighted by Crippen LogP contribution is 2.36. The van der Waals surface area contributed by atoms with E-state index in [2.05, 4.69) is 24.3 Å². The molecule has 20 heavy (non-hydrogen) atoms. The maximum absolute atomic E-state index is 11.8. The van der Waals surface area contributed by atoms with Crippen LogP contribution < -0.4 is 11.1 Å². The van der Waals surface area contributed by atoms with Gasteiger partial charge in [0.15, 0.2) is 0 Å². The quantitative estimate of drug-likeness (QED) is 0.636. The van der Waals surface area contributed by atoms with E-state index in [1.807, 2.05) is 6.07 Å². The van der Waals surface area contributed by atoms with Gasteiger partial charge in [-0.05, 0) is 51.6 Å². The Kier molecular flexibility index (Phi) is 4.18. The van der Waals surface area contributed by atoms with Crippen LogP contribution in [-0.2, 0) is 4.74 Å². The Bertz CT molecular complexity index is 496. The molecular formula is C15H23N3O2. The zero-order chi connectivity index (χ0) is 14.8. The number of nitrogens with one attached hydrogen (secondary N) is 1. The number of nitrogens with zero attached hydrogens (tertiary/aromatic N) is 1. The maximum atomic E-state index is 11.8. The lowest BCUT2D eigenvalue weighted by Gasteiger charge is -2.47. The molecule has 0 atom stereocenters. The van der Waals surface area contributed by atoms with Gasteiger partial charge in [-0.3, -0.25) is 0 Å². The minimum Gasteiger partial charge on any atom is -0.465 e. The van der Waals surface area contributed by atoms with E-state index in [1.54, 1.807) is 12.1 Å². The molecule has 0 spiro atoms. The number of carbonyl (C=O) groups excluding carboxylic acids is 1. The highest BCUT2D eigenvalue weighted by Gasteiger charge is 2.38. The third kappa shape index (κ3) is 2.72. The van der Waals surface area contributed by atoms with Gasteiger partial charge in [-0.2, -0.15) is 0 Å². The molecule has 1 aromatic carbocycles. The number of likely N-dealkylation sites (N-methyl/N-ethyl adjacent to an activating group) is 1. The van der Waals surface area contributed by atoms with E-state index in [0.717, 1.165) is 12.2 Å². The lowest BCUT2D eigenvalue weighted by molar-refractivity contribution is 0.0600. The van der Waals surface area contributed by atoms with Crippen molar-refractivity contribution in [3.8, 4) is 0 Å².